The van der Waals surface area contributed by atoms with Crippen molar-refractivity contribution in [3.05, 3.63) is 70.3 Å². The Balaban J connectivity index is 1.74. The monoisotopic (exact) mass is 402 g/mol. The molecule has 2 heterocycles. The zero-order chi connectivity index (χ0) is 20.6. The molecule has 8 heteroatoms. The van der Waals surface area contributed by atoms with Gasteiger partial charge in [-0.25, -0.2) is 4.98 Å². The Kier molecular flexibility index (Phi) is 4.70. The zero-order valence-electron chi connectivity index (χ0n) is 15.7. The molecule has 0 saturated carbocycles. The topological polar surface area (TPSA) is 122 Å². The van der Waals surface area contributed by atoms with E-state index in [9.17, 15) is 5.11 Å². The Morgan fingerprint density at radius 3 is 2.97 bits per heavy atom. The van der Waals surface area contributed by atoms with E-state index in [4.69, 9.17) is 16.1 Å². The lowest BCUT2D eigenvalue weighted by Crippen LogP contribution is -2.43. The van der Waals surface area contributed by atoms with Crippen molar-refractivity contribution >= 4 is 33.0 Å². The standard InChI is InChI=1S/C21H18N6OS/c1-21(28,15-5-6-17-18(10-15)29-12-25-17)20(24)27-19(23)8-7-16(26-27)14-4-2-3-13(9-14)11-22/h4-10,12,23-24,28H,2-3H2,1H3/t21-/m0/s1. The molecule has 1 aromatic carbocycles. The number of benzene rings is 1. The molecule has 0 fully saturated rings. The van der Waals surface area contributed by atoms with Crippen molar-refractivity contribution in [3.8, 4) is 6.07 Å². The van der Waals surface area contributed by atoms with Crippen molar-refractivity contribution in [2.45, 2.75) is 25.4 Å². The van der Waals surface area contributed by atoms with Crippen LogP contribution in [0.3, 0.4) is 0 Å². The van der Waals surface area contributed by atoms with Gasteiger partial charge in [0.1, 0.15) is 11.1 Å². The molecule has 1 aliphatic rings. The number of nitriles is 1. The van der Waals surface area contributed by atoms with Gasteiger partial charge >= 0.3 is 0 Å². The summed E-state index contributed by atoms with van der Waals surface area (Å²) in [4.78, 5) is 4.24. The highest BCUT2D eigenvalue weighted by molar-refractivity contribution is 7.16. The smallest absolute Gasteiger partial charge is 0.160 e. The van der Waals surface area contributed by atoms with Crippen LogP contribution in [0.4, 0.5) is 0 Å². The molecule has 144 valence electrons. The predicted octanol–water partition coefficient (Wildman–Crippen LogP) is 3.33. The van der Waals surface area contributed by atoms with Gasteiger partial charge in [0.25, 0.3) is 0 Å². The summed E-state index contributed by atoms with van der Waals surface area (Å²) in [6.45, 7) is 1.52. The lowest BCUT2D eigenvalue weighted by Gasteiger charge is -2.25. The quantitative estimate of drug-likeness (QED) is 0.459. The van der Waals surface area contributed by atoms with Gasteiger partial charge < -0.3 is 5.11 Å². The number of allylic oxidation sites excluding steroid dienone is 4. The van der Waals surface area contributed by atoms with Crippen LogP contribution in [0, 0.1) is 22.1 Å². The number of nitrogens with one attached hydrogen (secondary N) is 2. The number of hydrogen-bond acceptors (Lipinski definition) is 7. The molecule has 0 bridgehead atoms. The molecule has 1 atom stereocenters. The lowest BCUT2D eigenvalue weighted by molar-refractivity contribution is 0.126. The fourth-order valence-corrected chi connectivity index (χ4v) is 3.93. The SMILES string of the molecule is C[C@@](O)(C(=N)n1nc(C2=CCCC(C#N)=C2)ccc1=N)c1ccc2ncsc2c1. The van der Waals surface area contributed by atoms with E-state index >= 15 is 0 Å². The normalized spacial score (nSPS) is 15.9. The maximum atomic E-state index is 11.2. The molecule has 3 N–H and O–H groups in total. The van der Waals surface area contributed by atoms with E-state index in [1.807, 2.05) is 6.08 Å². The van der Waals surface area contributed by atoms with Gasteiger partial charge in [-0.05, 0) is 61.2 Å². The van der Waals surface area contributed by atoms with E-state index in [-0.39, 0.29) is 11.3 Å². The molecule has 0 amide bonds. The molecule has 4 rings (SSSR count). The molecule has 3 aromatic rings. The Morgan fingerprint density at radius 2 is 2.17 bits per heavy atom. The number of aromatic nitrogens is 3. The van der Waals surface area contributed by atoms with E-state index in [1.165, 1.54) is 24.3 Å². The summed E-state index contributed by atoms with van der Waals surface area (Å²) in [5, 5.41) is 41.5. The third-order valence-corrected chi connectivity index (χ3v) is 5.74. The highest BCUT2D eigenvalue weighted by Crippen LogP contribution is 2.28. The molecule has 1 aliphatic carbocycles. The van der Waals surface area contributed by atoms with Crippen molar-refractivity contribution < 1.29 is 5.11 Å². The summed E-state index contributed by atoms with van der Waals surface area (Å²) in [5.74, 6) is -0.228. The van der Waals surface area contributed by atoms with Gasteiger partial charge in [0.05, 0.1) is 27.5 Å². The second-order valence-corrected chi connectivity index (χ2v) is 7.84. The third-order valence-electron chi connectivity index (χ3n) is 4.95. The second-order valence-electron chi connectivity index (χ2n) is 6.95. The van der Waals surface area contributed by atoms with Crippen molar-refractivity contribution in [2.75, 3.05) is 0 Å². The van der Waals surface area contributed by atoms with Crippen LogP contribution in [0.5, 0.6) is 0 Å². The number of nitrogens with zero attached hydrogens (tertiary/aromatic N) is 4. The van der Waals surface area contributed by atoms with Crippen LogP contribution in [0.25, 0.3) is 15.8 Å². The summed E-state index contributed by atoms with van der Waals surface area (Å²) < 4.78 is 2.04. The van der Waals surface area contributed by atoms with E-state index in [0.717, 1.165) is 26.9 Å². The van der Waals surface area contributed by atoms with Crippen molar-refractivity contribution in [3.63, 3.8) is 0 Å². The molecular weight excluding hydrogens is 384 g/mol. The summed E-state index contributed by atoms with van der Waals surface area (Å²) in [7, 11) is 0. The van der Waals surface area contributed by atoms with E-state index < -0.39 is 5.60 Å². The van der Waals surface area contributed by atoms with Crippen LogP contribution in [0.1, 0.15) is 31.0 Å². The van der Waals surface area contributed by atoms with Crippen molar-refractivity contribution in [1.82, 2.24) is 14.8 Å². The largest absolute Gasteiger partial charge is 0.377 e. The number of aliphatic hydroxyl groups is 1. The number of hydrogen-bond donors (Lipinski definition) is 3. The number of fused-ring (bicyclic) bond motifs is 1. The minimum absolute atomic E-state index is 0.0150. The third kappa shape index (κ3) is 3.42. The summed E-state index contributed by atoms with van der Waals surface area (Å²) in [5.41, 5.74) is 3.42. The predicted molar refractivity (Wildman–Crippen MR) is 111 cm³/mol. The fraction of sp³-hybridized carbons (Fsp3) is 0.190. The Morgan fingerprint density at radius 1 is 1.34 bits per heavy atom. The first kappa shape index (κ1) is 18.9. The molecule has 0 unspecified atom stereocenters. The summed E-state index contributed by atoms with van der Waals surface area (Å²) in [6.07, 6.45) is 5.19. The molecule has 0 spiro atoms. The maximum absolute atomic E-state index is 11.2. The van der Waals surface area contributed by atoms with Gasteiger partial charge in [0, 0.05) is 5.57 Å². The van der Waals surface area contributed by atoms with Gasteiger partial charge in [0.15, 0.2) is 5.84 Å². The van der Waals surface area contributed by atoms with Crippen LogP contribution < -0.4 is 5.49 Å². The van der Waals surface area contributed by atoms with Crippen LogP contribution in [-0.4, -0.2) is 25.7 Å². The molecule has 0 saturated heterocycles. The molecule has 2 aromatic heterocycles. The van der Waals surface area contributed by atoms with Crippen LogP contribution in [0.15, 0.2) is 53.6 Å². The molecule has 7 nitrogen and oxygen atoms in total. The average molecular weight is 402 g/mol. The first-order valence-corrected chi connectivity index (χ1v) is 9.90. The lowest BCUT2D eigenvalue weighted by atomic mass is 9.94. The van der Waals surface area contributed by atoms with E-state index in [0.29, 0.717) is 23.3 Å². The van der Waals surface area contributed by atoms with Crippen molar-refractivity contribution in [1.29, 1.82) is 16.1 Å². The Bertz CT molecular complexity index is 1290. The van der Waals surface area contributed by atoms with E-state index in [2.05, 4.69) is 16.2 Å². The van der Waals surface area contributed by atoms with Crippen LogP contribution in [-0.2, 0) is 5.60 Å². The zero-order valence-corrected chi connectivity index (χ0v) is 16.5. The molecular formula is C21H18N6OS. The van der Waals surface area contributed by atoms with Crippen molar-refractivity contribution in [2.24, 2.45) is 0 Å². The summed E-state index contributed by atoms with van der Waals surface area (Å²) >= 11 is 1.46. The second kappa shape index (κ2) is 7.20. The number of thiazole rings is 1. The Labute approximate surface area is 170 Å². The molecule has 0 aliphatic heterocycles. The average Bonchev–Trinajstić information content (AvgIpc) is 3.21. The first-order valence-electron chi connectivity index (χ1n) is 9.02. The van der Waals surface area contributed by atoms with Gasteiger partial charge in [0.2, 0.25) is 0 Å². The minimum Gasteiger partial charge on any atom is -0.377 e. The van der Waals surface area contributed by atoms with Gasteiger partial charge in [-0.15, -0.1) is 11.3 Å². The van der Waals surface area contributed by atoms with Gasteiger partial charge in [-0.3, -0.25) is 10.8 Å². The summed E-state index contributed by atoms with van der Waals surface area (Å²) in [6, 6.07) is 10.7. The molecule has 0 radical (unpaired) electrons. The van der Waals surface area contributed by atoms with E-state index in [1.54, 1.807) is 35.9 Å². The molecule has 29 heavy (non-hydrogen) atoms. The van der Waals surface area contributed by atoms with Gasteiger partial charge in [-0.1, -0.05) is 12.1 Å². The number of rotatable bonds is 3. The first-order chi connectivity index (χ1) is 13.9. The van der Waals surface area contributed by atoms with Crippen LogP contribution >= 0.6 is 11.3 Å². The van der Waals surface area contributed by atoms with Crippen LogP contribution in [0.2, 0.25) is 0 Å². The maximum Gasteiger partial charge on any atom is 0.160 e. The minimum atomic E-state index is -1.65. The van der Waals surface area contributed by atoms with Gasteiger partial charge in [-0.2, -0.15) is 15.0 Å². The fourth-order valence-electron chi connectivity index (χ4n) is 3.22. The highest BCUT2D eigenvalue weighted by atomic mass is 32.1. The Hall–Kier alpha value is -3.41. The highest BCUT2D eigenvalue weighted by Gasteiger charge is 2.32.